The summed E-state index contributed by atoms with van der Waals surface area (Å²) >= 11 is 0. The summed E-state index contributed by atoms with van der Waals surface area (Å²) in [4.78, 5) is 13.2. The standard InChI is InChI=1S/C29H33O2P/c1-29(2,3)31-28(30)23-27-21-13-14-22-32(27,24-15-7-4-8-16-24,25-17-9-5-10-18-25)26-19-11-6-12-20-26/h4-12,15-20,23H,13-14,21-22H2,1-3H3/b27-23+. The minimum absolute atomic E-state index is 0.244. The molecule has 4 rings (SSSR count). The summed E-state index contributed by atoms with van der Waals surface area (Å²) in [6.45, 7) is 2.69. The van der Waals surface area contributed by atoms with Crippen molar-refractivity contribution in [2.75, 3.05) is 6.16 Å². The molecule has 3 aromatic carbocycles. The summed E-state index contributed by atoms with van der Waals surface area (Å²) in [7, 11) is 0. The number of hydrogen-bond donors (Lipinski definition) is 0. The minimum atomic E-state index is -3.09. The van der Waals surface area contributed by atoms with E-state index in [0.717, 1.165) is 25.4 Å². The Morgan fingerprint density at radius 3 is 1.59 bits per heavy atom. The van der Waals surface area contributed by atoms with Crippen LogP contribution in [0.2, 0.25) is 0 Å². The van der Waals surface area contributed by atoms with Crippen molar-refractivity contribution in [3.05, 3.63) is 102 Å². The number of carbonyl (C=O) groups excluding carboxylic acids is 1. The molecular weight excluding hydrogens is 411 g/mol. The molecule has 2 nitrogen and oxygen atoms in total. The van der Waals surface area contributed by atoms with Gasteiger partial charge in [-0.25, -0.2) is 0 Å². The molecule has 0 spiro atoms. The zero-order chi connectivity index (χ0) is 22.7. The van der Waals surface area contributed by atoms with Crippen molar-refractivity contribution >= 4 is 28.5 Å². The monoisotopic (exact) mass is 444 g/mol. The van der Waals surface area contributed by atoms with Crippen molar-refractivity contribution in [3.8, 4) is 0 Å². The van der Waals surface area contributed by atoms with Crippen LogP contribution in [0.4, 0.5) is 0 Å². The Hall–Kier alpha value is -2.70. The van der Waals surface area contributed by atoms with Gasteiger partial charge in [-0.2, -0.15) is 0 Å². The van der Waals surface area contributed by atoms with Gasteiger partial charge in [-0.05, 0) is 0 Å². The maximum absolute atomic E-state index is 13.2. The van der Waals surface area contributed by atoms with E-state index in [2.05, 4.69) is 91.0 Å². The van der Waals surface area contributed by atoms with E-state index >= 15 is 0 Å². The first kappa shape index (κ1) is 22.5. The molecule has 32 heavy (non-hydrogen) atoms. The Kier molecular flexibility index (Phi) is 6.10. The molecule has 0 unspecified atom stereocenters. The quantitative estimate of drug-likeness (QED) is 0.283. The fourth-order valence-corrected chi connectivity index (χ4v) is 12.7. The van der Waals surface area contributed by atoms with Crippen LogP contribution in [0.5, 0.6) is 0 Å². The molecule has 1 heterocycles. The number of benzene rings is 3. The summed E-state index contributed by atoms with van der Waals surface area (Å²) in [6, 6.07) is 32.7. The van der Waals surface area contributed by atoms with E-state index < -0.39 is 12.2 Å². The third kappa shape index (κ3) is 3.71. The summed E-state index contributed by atoms with van der Waals surface area (Å²) in [5.74, 6) is -0.244. The first-order valence-electron chi connectivity index (χ1n) is 11.5. The van der Waals surface area contributed by atoms with Gasteiger partial charge in [-0.15, -0.1) is 0 Å². The van der Waals surface area contributed by atoms with Crippen molar-refractivity contribution in [2.45, 2.75) is 45.6 Å². The first-order valence-corrected chi connectivity index (χ1v) is 13.9. The van der Waals surface area contributed by atoms with Gasteiger partial charge >= 0.3 is 192 Å². The molecule has 1 fully saturated rings. The molecular formula is C29H33O2P. The molecule has 1 saturated heterocycles. The zero-order valence-electron chi connectivity index (χ0n) is 19.3. The average Bonchev–Trinajstić information content (AvgIpc) is 2.80. The number of hydrogen-bond acceptors (Lipinski definition) is 2. The summed E-state index contributed by atoms with van der Waals surface area (Å²) < 4.78 is 5.79. The normalized spacial score (nSPS) is 20.1. The Labute approximate surface area is 192 Å². The fourth-order valence-electron chi connectivity index (χ4n) is 5.41. The molecule has 0 bridgehead atoms. The first-order chi connectivity index (χ1) is 15.4. The van der Waals surface area contributed by atoms with Crippen molar-refractivity contribution in [1.29, 1.82) is 0 Å². The molecule has 3 heteroatoms. The van der Waals surface area contributed by atoms with Crippen LogP contribution < -0.4 is 15.9 Å². The Morgan fingerprint density at radius 1 is 0.750 bits per heavy atom. The van der Waals surface area contributed by atoms with Gasteiger partial charge in [0.05, 0.1) is 0 Å². The average molecular weight is 445 g/mol. The second-order valence-corrected chi connectivity index (χ2v) is 14.8. The van der Waals surface area contributed by atoms with E-state index in [1.54, 1.807) is 0 Å². The topological polar surface area (TPSA) is 26.3 Å². The third-order valence-electron chi connectivity index (χ3n) is 6.59. The van der Waals surface area contributed by atoms with Crippen LogP contribution in [0.25, 0.3) is 0 Å². The van der Waals surface area contributed by atoms with Crippen LogP contribution in [0.1, 0.15) is 40.0 Å². The predicted octanol–water partition coefficient (Wildman–Crippen LogP) is 5.93. The molecule has 166 valence electrons. The van der Waals surface area contributed by atoms with Crippen LogP contribution in [0.15, 0.2) is 102 Å². The van der Waals surface area contributed by atoms with Crippen molar-refractivity contribution in [2.24, 2.45) is 0 Å². The van der Waals surface area contributed by atoms with Gasteiger partial charge in [0.15, 0.2) is 0 Å². The van der Waals surface area contributed by atoms with Crippen LogP contribution in [-0.4, -0.2) is 17.7 Å². The molecule has 0 aromatic heterocycles. The van der Waals surface area contributed by atoms with Crippen LogP contribution >= 0.6 is 6.60 Å². The molecule has 1 aliphatic rings. The van der Waals surface area contributed by atoms with Gasteiger partial charge in [0.2, 0.25) is 0 Å². The van der Waals surface area contributed by atoms with Crippen molar-refractivity contribution in [3.63, 3.8) is 0 Å². The van der Waals surface area contributed by atoms with E-state index in [1.807, 2.05) is 26.8 Å². The summed E-state index contributed by atoms with van der Waals surface area (Å²) in [5, 5.41) is 5.21. The van der Waals surface area contributed by atoms with Gasteiger partial charge in [0, 0.05) is 0 Å². The number of carbonyl (C=O) groups is 1. The second-order valence-electron chi connectivity index (χ2n) is 9.66. The third-order valence-corrected chi connectivity index (χ3v) is 13.7. The van der Waals surface area contributed by atoms with Gasteiger partial charge in [0.1, 0.15) is 0 Å². The van der Waals surface area contributed by atoms with Gasteiger partial charge in [-0.1, -0.05) is 0 Å². The van der Waals surface area contributed by atoms with E-state index in [-0.39, 0.29) is 5.97 Å². The molecule has 0 amide bonds. The zero-order valence-corrected chi connectivity index (χ0v) is 20.2. The Bertz CT molecular complexity index is 997. The van der Waals surface area contributed by atoms with Gasteiger partial charge in [-0.3, -0.25) is 0 Å². The Balaban J connectivity index is 2.13. The van der Waals surface area contributed by atoms with E-state index in [9.17, 15) is 4.79 Å². The number of rotatable bonds is 4. The van der Waals surface area contributed by atoms with E-state index in [1.165, 1.54) is 21.2 Å². The maximum atomic E-state index is 13.2. The fraction of sp³-hybridized carbons (Fsp3) is 0.276. The number of ether oxygens (including phenoxy) is 1. The molecule has 0 aliphatic carbocycles. The number of esters is 1. The van der Waals surface area contributed by atoms with E-state index in [0.29, 0.717) is 0 Å². The molecule has 3 aromatic rings. The van der Waals surface area contributed by atoms with Crippen LogP contribution in [-0.2, 0) is 9.53 Å². The Morgan fingerprint density at radius 2 is 1.19 bits per heavy atom. The predicted molar refractivity (Wildman–Crippen MR) is 138 cm³/mol. The molecule has 0 atom stereocenters. The van der Waals surface area contributed by atoms with E-state index in [4.69, 9.17) is 4.74 Å². The molecule has 0 radical (unpaired) electrons. The SMILES string of the molecule is CC(C)(C)OC(=O)/C=C1\CCCCP1(c1ccccc1)(c1ccccc1)c1ccccc1. The van der Waals surface area contributed by atoms with Gasteiger partial charge in [0.25, 0.3) is 0 Å². The summed E-state index contributed by atoms with van der Waals surface area (Å²) in [5.41, 5.74) is -0.522. The number of allylic oxidation sites excluding steroid dienone is 1. The summed E-state index contributed by atoms with van der Waals surface area (Å²) in [6.07, 6.45) is 5.98. The van der Waals surface area contributed by atoms with Crippen molar-refractivity contribution < 1.29 is 9.53 Å². The van der Waals surface area contributed by atoms with Crippen LogP contribution in [0, 0.1) is 0 Å². The molecule has 0 saturated carbocycles. The second kappa shape index (κ2) is 8.68. The van der Waals surface area contributed by atoms with Gasteiger partial charge < -0.3 is 0 Å². The molecule has 0 N–H and O–H groups in total. The molecule has 1 aliphatic heterocycles. The van der Waals surface area contributed by atoms with Crippen LogP contribution in [0.3, 0.4) is 0 Å². The van der Waals surface area contributed by atoms with Crippen molar-refractivity contribution in [1.82, 2.24) is 0 Å².